The molecule has 2 aromatic rings. The summed E-state index contributed by atoms with van der Waals surface area (Å²) >= 11 is 1.65. The van der Waals surface area contributed by atoms with Crippen molar-refractivity contribution in [2.45, 2.75) is 11.8 Å². The van der Waals surface area contributed by atoms with Crippen molar-refractivity contribution >= 4 is 28.5 Å². The van der Waals surface area contributed by atoms with Gasteiger partial charge in [0.25, 0.3) is 0 Å². The van der Waals surface area contributed by atoms with Gasteiger partial charge in [-0.2, -0.15) is 0 Å². The zero-order valence-electron chi connectivity index (χ0n) is 13.9. The van der Waals surface area contributed by atoms with Crippen molar-refractivity contribution in [1.29, 1.82) is 0 Å². The zero-order chi connectivity index (χ0) is 17.1. The number of esters is 1. The molecule has 1 fully saturated rings. The molecule has 128 valence electrons. The van der Waals surface area contributed by atoms with Crippen LogP contribution in [-0.4, -0.2) is 49.4 Å². The van der Waals surface area contributed by atoms with Gasteiger partial charge in [-0.3, -0.25) is 4.79 Å². The summed E-state index contributed by atoms with van der Waals surface area (Å²) in [7, 11) is 3.07. The number of carbonyl (C=O) groups is 1. The number of fused-ring (bicyclic) bond motifs is 1. The number of phenols is 1. The number of quaternary nitrogens is 1. The van der Waals surface area contributed by atoms with Gasteiger partial charge in [-0.25, -0.2) is 0 Å². The summed E-state index contributed by atoms with van der Waals surface area (Å²) in [4.78, 5) is 13.1. The molecule has 1 heterocycles. The minimum atomic E-state index is -0.166. The molecule has 2 aromatic carbocycles. The maximum Gasteiger partial charge on any atom is 0.324 e. The number of phenolic OH excluding ortho intramolecular Hbond substituents is 1. The molecule has 1 aliphatic heterocycles. The molecule has 2 N–H and O–H groups in total. The molecule has 5 nitrogen and oxygen atoms in total. The zero-order valence-corrected chi connectivity index (χ0v) is 14.7. The highest BCUT2D eigenvalue weighted by molar-refractivity contribution is 8.00. The Morgan fingerprint density at radius 3 is 2.88 bits per heavy atom. The van der Waals surface area contributed by atoms with Gasteiger partial charge in [0.15, 0.2) is 5.25 Å². The molecular formula is C18H22NO4S+. The molecule has 0 aromatic heterocycles. The number of hydrogen-bond donors (Lipinski definition) is 2. The standard InChI is InChI=1S/C18H21NO4S/c1-22-13-5-3-12-4-6-16(20)15(14(12)9-13)10-19-7-8-24-17(11-19)18(21)23-2/h3-6,9,17,20H,7-8,10-11H2,1-2H3/p+1/t17-/m0/s1. The first-order chi connectivity index (χ1) is 11.6. The Bertz CT molecular complexity index is 749. The Labute approximate surface area is 145 Å². The van der Waals surface area contributed by atoms with E-state index < -0.39 is 0 Å². The van der Waals surface area contributed by atoms with Gasteiger partial charge in [0.1, 0.15) is 24.6 Å². The van der Waals surface area contributed by atoms with Gasteiger partial charge in [0, 0.05) is 5.75 Å². The Morgan fingerprint density at radius 2 is 2.12 bits per heavy atom. The lowest BCUT2D eigenvalue weighted by Crippen LogP contribution is -3.13. The fourth-order valence-electron chi connectivity index (χ4n) is 3.12. The first-order valence-corrected chi connectivity index (χ1v) is 8.99. The van der Waals surface area contributed by atoms with Crippen molar-refractivity contribution in [2.75, 3.05) is 33.1 Å². The van der Waals surface area contributed by atoms with E-state index in [1.807, 2.05) is 24.3 Å². The smallest absolute Gasteiger partial charge is 0.324 e. The molecule has 0 spiro atoms. The highest BCUT2D eigenvalue weighted by atomic mass is 32.2. The number of benzene rings is 2. The average Bonchev–Trinajstić information content (AvgIpc) is 2.63. The maximum absolute atomic E-state index is 11.8. The summed E-state index contributed by atoms with van der Waals surface area (Å²) in [6.45, 7) is 2.33. The third-order valence-corrected chi connectivity index (χ3v) is 5.66. The Kier molecular flexibility index (Phi) is 5.16. The second-order valence-corrected chi connectivity index (χ2v) is 7.22. The third-order valence-electron chi connectivity index (χ3n) is 4.46. The fourth-order valence-corrected chi connectivity index (χ4v) is 4.40. The van der Waals surface area contributed by atoms with E-state index >= 15 is 0 Å². The molecule has 0 amide bonds. The summed E-state index contributed by atoms with van der Waals surface area (Å²) in [5, 5.41) is 12.3. The van der Waals surface area contributed by atoms with Crippen molar-refractivity contribution in [3.63, 3.8) is 0 Å². The molecule has 0 aliphatic carbocycles. The lowest BCUT2D eigenvalue weighted by molar-refractivity contribution is -0.911. The van der Waals surface area contributed by atoms with Gasteiger partial charge in [0.05, 0.1) is 26.3 Å². The summed E-state index contributed by atoms with van der Waals surface area (Å²) in [6, 6.07) is 9.52. The molecule has 1 aliphatic rings. The van der Waals surface area contributed by atoms with E-state index in [-0.39, 0.29) is 17.0 Å². The third kappa shape index (κ3) is 3.44. The van der Waals surface area contributed by atoms with E-state index in [0.29, 0.717) is 13.1 Å². The van der Waals surface area contributed by atoms with Crippen LogP contribution in [0.3, 0.4) is 0 Å². The van der Waals surface area contributed by atoms with E-state index in [0.717, 1.165) is 34.4 Å². The molecule has 1 saturated heterocycles. The van der Waals surface area contributed by atoms with Gasteiger partial charge < -0.3 is 19.5 Å². The van der Waals surface area contributed by atoms with E-state index in [1.165, 1.54) is 12.0 Å². The van der Waals surface area contributed by atoms with Gasteiger partial charge in [0.2, 0.25) is 0 Å². The van der Waals surface area contributed by atoms with Crippen molar-refractivity contribution < 1.29 is 24.3 Å². The van der Waals surface area contributed by atoms with Crippen molar-refractivity contribution in [1.82, 2.24) is 0 Å². The van der Waals surface area contributed by atoms with Gasteiger partial charge in [-0.05, 0) is 29.0 Å². The number of aromatic hydroxyl groups is 1. The Balaban J connectivity index is 1.88. The second-order valence-electron chi connectivity index (χ2n) is 5.91. The van der Waals surface area contributed by atoms with E-state index in [1.54, 1.807) is 24.9 Å². The molecule has 24 heavy (non-hydrogen) atoms. The van der Waals surface area contributed by atoms with Crippen LogP contribution < -0.4 is 9.64 Å². The summed E-state index contributed by atoms with van der Waals surface area (Å²) in [6.07, 6.45) is 0. The fraction of sp³-hybridized carbons (Fsp3) is 0.389. The number of carbonyl (C=O) groups excluding carboxylic acids is 1. The normalized spacial score (nSPS) is 20.8. The largest absolute Gasteiger partial charge is 0.507 e. The summed E-state index contributed by atoms with van der Waals surface area (Å²) in [5.74, 6) is 1.80. The summed E-state index contributed by atoms with van der Waals surface area (Å²) < 4.78 is 10.2. The van der Waals surface area contributed by atoms with E-state index in [9.17, 15) is 9.90 Å². The SMILES string of the molecule is COC(=O)[C@@H]1C[NH+](Cc2c(O)ccc3ccc(OC)cc23)CCS1. The minimum Gasteiger partial charge on any atom is -0.507 e. The number of ether oxygens (including phenoxy) is 2. The molecule has 1 unspecified atom stereocenters. The Hall–Kier alpha value is -1.92. The maximum atomic E-state index is 11.8. The number of thioether (sulfide) groups is 1. The van der Waals surface area contributed by atoms with E-state index in [4.69, 9.17) is 9.47 Å². The van der Waals surface area contributed by atoms with Gasteiger partial charge in [-0.1, -0.05) is 12.1 Å². The predicted molar refractivity (Wildman–Crippen MR) is 94.8 cm³/mol. The van der Waals surface area contributed by atoms with E-state index in [2.05, 4.69) is 0 Å². The van der Waals surface area contributed by atoms with Crippen molar-refractivity contribution in [2.24, 2.45) is 0 Å². The highest BCUT2D eigenvalue weighted by Crippen LogP contribution is 2.29. The molecule has 0 radical (unpaired) electrons. The quantitative estimate of drug-likeness (QED) is 0.814. The predicted octanol–water partition coefficient (Wildman–Crippen LogP) is 1.23. The number of nitrogens with one attached hydrogen (secondary N) is 1. The number of rotatable bonds is 4. The van der Waals surface area contributed by atoms with Crippen LogP contribution >= 0.6 is 11.8 Å². The second kappa shape index (κ2) is 7.32. The molecule has 3 rings (SSSR count). The lowest BCUT2D eigenvalue weighted by atomic mass is 10.0. The summed E-state index contributed by atoms with van der Waals surface area (Å²) in [5.41, 5.74) is 0.900. The highest BCUT2D eigenvalue weighted by Gasteiger charge is 2.30. The lowest BCUT2D eigenvalue weighted by Gasteiger charge is -2.28. The van der Waals surface area contributed by atoms with Crippen LogP contribution in [0.25, 0.3) is 10.8 Å². The van der Waals surface area contributed by atoms with Crippen LogP contribution in [0, 0.1) is 0 Å². The molecule has 0 saturated carbocycles. The van der Waals surface area contributed by atoms with Crippen LogP contribution in [0.5, 0.6) is 11.5 Å². The Morgan fingerprint density at radius 1 is 1.33 bits per heavy atom. The van der Waals surface area contributed by atoms with Crippen LogP contribution in [0.15, 0.2) is 30.3 Å². The molecule has 6 heteroatoms. The van der Waals surface area contributed by atoms with Crippen LogP contribution in [0.1, 0.15) is 5.56 Å². The van der Waals surface area contributed by atoms with Crippen LogP contribution in [-0.2, 0) is 16.1 Å². The number of hydrogen-bond acceptors (Lipinski definition) is 5. The van der Waals surface area contributed by atoms with Gasteiger partial charge >= 0.3 is 5.97 Å². The molecule has 0 bridgehead atoms. The van der Waals surface area contributed by atoms with Gasteiger partial charge in [-0.15, -0.1) is 11.8 Å². The minimum absolute atomic E-state index is 0.134. The van der Waals surface area contributed by atoms with Crippen LogP contribution in [0.4, 0.5) is 0 Å². The van der Waals surface area contributed by atoms with Crippen LogP contribution in [0.2, 0.25) is 0 Å². The first-order valence-electron chi connectivity index (χ1n) is 7.94. The monoisotopic (exact) mass is 348 g/mol. The van der Waals surface area contributed by atoms with Crippen molar-refractivity contribution in [3.05, 3.63) is 35.9 Å². The molecular weight excluding hydrogens is 326 g/mol. The average molecular weight is 348 g/mol. The molecule has 2 atom stereocenters. The topological polar surface area (TPSA) is 60.2 Å². The number of methoxy groups -OCH3 is 2. The first kappa shape index (κ1) is 16.9. The van der Waals surface area contributed by atoms with Crippen molar-refractivity contribution in [3.8, 4) is 11.5 Å².